The molecule has 0 aliphatic heterocycles. The summed E-state index contributed by atoms with van der Waals surface area (Å²) in [7, 11) is 0. The van der Waals surface area contributed by atoms with Gasteiger partial charge in [-0.2, -0.15) is 0 Å². The van der Waals surface area contributed by atoms with Crippen LogP contribution in [0.3, 0.4) is 0 Å². The van der Waals surface area contributed by atoms with E-state index in [9.17, 15) is 0 Å². The molecule has 0 nitrogen and oxygen atoms in total. The lowest BCUT2D eigenvalue weighted by atomic mass is 9.37. The van der Waals surface area contributed by atoms with Gasteiger partial charge in [0.25, 0.3) is 0 Å². The van der Waals surface area contributed by atoms with E-state index in [1.54, 1.807) is 0 Å². The Morgan fingerprint density at radius 1 is 1.31 bits per heavy atom. The fraction of sp³-hybridized carbons (Fsp3) is 0.875. The molecule has 2 aliphatic rings. The van der Waals surface area contributed by atoms with E-state index in [1.807, 2.05) is 0 Å². The van der Waals surface area contributed by atoms with E-state index in [1.165, 1.54) is 37.7 Å². The summed E-state index contributed by atoms with van der Waals surface area (Å²) in [5.41, 5.74) is 3.15. The van der Waals surface area contributed by atoms with Crippen molar-refractivity contribution in [3.8, 4) is 0 Å². The third-order valence-electron chi connectivity index (χ3n) is 6.10. The van der Waals surface area contributed by atoms with Gasteiger partial charge in [-0.05, 0) is 61.2 Å². The van der Waals surface area contributed by atoms with Crippen molar-refractivity contribution >= 4 is 0 Å². The molecule has 0 N–H and O–H groups in total. The highest BCUT2D eigenvalue weighted by atomic mass is 14.7. The number of hydrogen-bond acceptors (Lipinski definition) is 0. The number of rotatable bonds is 3. The molecule has 0 spiro atoms. The predicted octanol–water partition coefficient (Wildman–Crippen LogP) is 5.20. The number of allylic oxidation sites excluding steroid dienone is 1. The first-order chi connectivity index (χ1) is 7.29. The molecule has 0 aromatic rings. The Kier molecular flexibility index (Phi) is 2.57. The summed E-state index contributed by atoms with van der Waals surface area (Å²) < 4.78 is 0. The van der Waals surface area contributed by atoms with Crippen molar-refractivity contribution in [3.63, 3.8) is 0 Å². The Morgan fingerprint density at radius 3 is 2.38 bits per heavy atom. The van der Waals surface area contributed by atoms with Crippen LogP contribution in [0.5, 0.6) is 0 Å². The summed E-state index contributed by atoms with van der Waals surface area (Å²) >= 11 is 0. The first kappa shape index (κ1) is 12.2. The Bertz CT molecular complexity index is 316. The molecule has 0 bridgehead atoms. The van der Waals surface area contributed by atoms with Crippen LogP contribution in [0.1, 0.15) is 66.7 Å². The fourth-order valence-corrected chi connectivity index (χ4v) is 5.44. The molecule has 0 aromatic carbocycles. The maximum absolute atomic E-state index is 4.16. The van der Waals surface area contributed by atoms with Crippen molar-refractivity contribution in [3.05, 3.63) is 12.2 Å². The van der Waals surface area contributed by atoms with E-state index in [0.29, 0.717) is 16.2 Å². The summed E-state index contributed by atoms with van der Waals surface area (Å²) in [6, 6.07) is 0. The second kappa shape index (κ2) is 3.37. The Morgan fingerprint density at radius 2 is 1.94 bits per heavy atom. The van der Waals surface area contributed by atoms with Crippen LogP contribution in [0.2, 0.25) is 0 Å². The standard InChI is InChI=1S/C16H28/c1-7-16(8-12(2)3)11-14(5)9-13(4)10-15(14,16)6/h13H,2,7-11H2,1,3-6H3. The van der Waals surface area contributed by atoms with Gasteiger partial charge in [-0.1, -0.05) is 33.3 Å². The minimum absolute atomic E-state index is 0.568. The molecule has 4 unspecified atom stereocenters. The van der Waals surface area contributed by atoms with Crippen LogP contribution in [0.25, 0.3) is 0 Å². The van der Waals surface area contributed by atoms with Crippen molar-refractivity contribution in [2.75, 3.05) is 0 Å². The first-order valence-corrected chi connectivity index (χ1v) is 6.93. The van der Waals surface area contributed by atoms with Crippen molar-refractivity contribution < 1.29 is 0 Å². The van der Waals surface area contributed by atoms with Gasteiger partial charge >= 0.3 is 0 Å². The van der Waals surface area contributed by atoms with E-state index in [-0.39, 0.29) is 0 Å². The second-order valence-electron chi connectivity index (χ2n) is 7.35. The summed E-state index contributed by atoms with van der Waals surface area (Å²) in [4.78, 5) is 0. The van der Waals surface area contributed by atoms with Gasteiger partial charge in [0.05, 0.1) is 0 Å². The van der Waals surface area contributed by atoms with Crippen molar-refractivity contribution in [1.82, 2.24) is 0 Å². The molecule has 2 fully saturated rings. The molecule has 2 aliphatic carbocycles. The van der Waals surface area contributed by atoms with Crippen LogP contribution >= 0.6 is 0 Å². The van der Waals surface area contributed by atoms with Gasteiger partial charge in [-0.15, -0.1) is 6.58 Å². The van der Waals surface area contributed by atoms with Crippen LogP contribution in [-0.4, -0.2) is 0 Å². The molecule has 0 saturated heterocycles. The second-order valence-corrected chi connectivity index (χ2v) is 7.35. The summed E-state index contributed by atoms with van der Waals surface area (Å²) in [6.45, 7) is 16.3. The average molecular weight is 220 g/mol. The average Bonchev–Trinajstić information content (AvgIpc) is 2.32. The molecule has 0 heteroatoms. The van der Waals surface area contributed by atoms with Crippen LogP contribution < -0.4 is 0 Å². The molecule has 0 aromatic heterocycles. The van der Waals surface area contributed by atoms with E-state index in [4.69, 9.17) is 0 Å². The molecular weight excluding hydrogens is 192 g/mol. The summed E-state index contributed by atoms with van der Waals surface area (Å²) in [5, 5.41) is 0. The van der Waals surface area contributed by atoms with Crippen LogP contribution in [0, 0.1) is 22.2 Å². The molecule has 0 heterocycles. The van der Waals surface area contributed by atoms with Gasteiger partial charge in [-0.3, -0.25) is 0 Å². The lowest BCUT2D eigenvalue weighted by Crippen LogP contribution is -2.60. The predicted molar refractivity (Wildman–Crippen MR) is 71.4 cm³/mol. The van der Waals surface area contributed by atoms with Crippen molar-refractivity contribution in [1.29, 1.82) is 0 Å². The van der Waals surface area contributed by atoms with Crippen LogP contribution in [0.4, 0.5) is 0 Å². The van der Waals surface area contributed by atoms with E-state index < -0.39 is 0 Å². The quantitative estimate of drug-likeness (QED) is 0.574. The highest BCUT2D eigenvalue weighted by molar-refractivity contribution is 5.21. The molecule has 0 amide bonds. The molecular formula is C16H28. The van der Waals surface area contributed by atoms with E-state index >= 15 is 0 Å². The minimum Gasteiger partial charge on any atom is -0.100 e. The molecule has 2 saturated carbocycles. The molecule has 92 valence electrons. The third kappa shape index (κ3) is 1.28. The summed E-state index contributed by atoms with van der Waals surface area (Å²) in [6.07, 6.45) is 6.90. The lowest BCUT2D eigenvalue weighted by molar-refractivity contribution is -0.181. The SMILES string of the molecule is C=C(C)CC1(CC)CC2(C)CC(C)CC21C. The van der Waals surface area contributed by atoms with Gasteiger partial charge in [0, 0.05) is 0 Å². The molecule has 4 atom stereocenters. The third-order valence-corrected chi connectivity index (χ3v) is 6.10. The first-order valence-electron chi connectivity index (χ1n) is 6.93. The zero-order valence-corrected chi connectivity index (χ0v) is 11.8. The fourth-order valence-electron chi connectivity index (χ4n) is 5.44. The molecule has 0 radical (unpaired) electrons. The topological polar surface area (TPSA) is 0 Å². The normalized spacial score (nSPS) is 50.9. The van der Waals surface area contributed by atoms with Gasteiger partial charge in [0.2, 0.25) is 0 Å². The molecule has 16 heavy (non-hydrogen) atoms. The maximum Gasteiger partial charge on any atom is -0.0199 e. The molecule has 2 rings (SSSR count). The monoisotopic (exact) mass is 220 g/mol. The Labute approximate surface area is 102 Å². The number of fused-ring (bicyclic) bond motifs is 1. The smallest absolute Gasteiger partial charge is 0.0199 e. The zero-order valence-electron chi connectivity index (χ0n) is 11.8. The van der Waals surface area contributed by atoms with E-state index in [2.05, 4.69) is 41.2 Å². The minimum atomic E-state index is 0.568. The highest BCUT2D eigenvalue weighted by Crippen LogP contribution is 2.78. The highest BCUT2D eigenvalue weighted by Gasteiger charge is 2.70. The largest absolute Gasteiger partial charge is 0.100 e. The van der Waals surface area contributed by atoms with Gasteiger partial charge in [-0.25, -0.2) is 0 Å². The zero-order chi connectivity index (χ0) is 12.2. The number of hydrogen-bond donors (Lipinski definition) is 0. The van der Waals surface area contributed by atoms with Gasteiger partial charge in [0.15, 0.2) is 0 Å². The van der Waals surface area contributed by atoms with Crippen LogP contribution in [-0.2, 0) is 0 Å². The van der Waals surface area contributed by atoms with Gasteiger partial charge < -0.3 is 0 Å². The Balaban J connectivity index is 2.29. The van der Waals surface area contributed by atoms with E-state index in [0.717, 1.165) is 5.92 Å². The van der Waals surface area contributed by atoms with Crippen molar-refractivity contribution in [2.24, 2.45) is 22.2 Å². The Hall–Kier alpha value is -0.260. The maximum atomic E-state index is 4.16. The summed E-state index contributed by atoms with van der Waals surface area (Å²) in [5.74, 6) is 0.925. The van der Waals surface area contributed by atoms with Crippen molar-refractivity contribution in [2.45, 2.75) is 66.7 Å². The van der Waals surface area contributed by atoms with Crippen LogP contribution in [0.15, 0.2) is 12.2 Å². The van der Waals surface area contributed by atoms with Gasteiger partial charge in [0.1, 0.15) is 0 Å². The lowest BCUT2D eigenvalue weighted by Gasteiger charge is -2.67.